The molecule has 2 atom stereocenters. The van der Waals surface area contributed by atoms with Crippen LogP contribution in [0.2, 0.25) is 6.32 Å². The molecule has 0 spiro atoms. The predicted molar refractivity (Wildman–Crippen MR) is 156 cm³/mol. The van der Waals surface area contributed by atoms with Gasteiger partial charge in [-0.3, -0.25) is 14.6 Å². The minimum Gasteiger partial charge on any atom is -0.460 e. The lowest BCUT2D eigenvalue weighted by atomic mass is 9.44. The summed E-state index contributed by atoms with van der Waals surface area (Å²) in [6.07, 6.45) is 13.3. The fourth-order valence-electron chi connectivity index (χ4n) is 7.52. The second-order valence-electron chi connectivity index (χ2n) is 15.4. The van der Waals surface area contributed by atoms with E-state index in [4.69, 9.17) is 9.47 Å². The van der Waals surface area contributed by atoms with Gasteiger partial charge in [-0.15, -0.1) is 0 Å². The van der Waals surface area contributed by atoms with Crippen LogP contribution in [0.3, 0.4) is 0 Å². The zero-order valence-corrected chi connectivity index (χ0v) is 25.8. The molecule has 1 radical (unpaired) electrons. The molecule has 4 saturated carbocycles. The van der Waals surface area contributed by atoms with E-state index in [0.29, 0.717) is 36.9 Å². The van der Waals surface area contributed by atoms with Gasteiger partial charge in [0.25, 0.3) is 0 Å². The van der Waals surface area contributed by atoms with Gasteiger partial charge in [-0.25, -0.2) is 0 Å². The van der Waals surface area contributed by atoms with Crippen LogP contribution >= 0.6 is 0 Å². The summed E-state index contributed by atoms with van der Waals surface area (Å²) in [6, 6.07) is 4.13. The Hall–Kier alpha value is -1.85. The molecule has 2 unspecified atom stereocenters. The van der Waals surface area contributed by atoms with E-state index in [2.05, 4.69) is 45.2 Å². The van der Waals surface area contributed by atoms with Gasteiger partial charge < -0.3 is 9.47 Å². The first kappa shape index (κ1) is 30.1. The minimum absolute atomic E-state index is 0.0890. The summed E-state index contributed by atoms with van der Waals surface area (Å²) in [5, 5.41) is -0.189. The molecule has 5 nitrogen and oxygen atoms in total. The summed E-state index contributed by atoms with van der Waals surface area (Å²) in [4.78, 5) is 31.5. The summed E-state index contributed by atoms with van der Waals surface area (Å²) < 4.78 is 12.4. The highest BCUT2D eigenvalue weighted by Crippen LogP contribution is 2.57. The quantitative estimate of drug-likeness (QED) is 0.217. The Balaban J connectivity index is 1.54. The molecule has 6 heteroatoms. The average molecular weight is 537 g/mol. The fraction of sp³-hybridized carbons (Fsp3) is 0.788. The maximum atomic E-state index is 14.2. The number of pyridine rings is 1. The van der Waals surface area contributed by atoms with E-state index in [1.807, 2.05) is 47.0 Å². The number of hydrogen-bond donors (Lipinski definition) is 0. The van der Waals surface area contributed by atoms with Crippen molar-refractivity contribution in [3.05, 3.63) is 30.1 Å². The fourth-order valence-corrected chi connectivity index (χ4v) is 7.52. The standard InChI is InChI=1S/C33H51BNO4/c1-9-32(8,26-10-14-35-15-11-26)34-22-31(7,13-12-30(5,6)27(36)38-29(2,3)4)28(37)39-33-19-23-16-24(20-33)18-25(17-23)21-33/h10-11,14-15,23-25H,9,12-13,16-22H2,1-8H3. The van der Waals surface area contributed by atoms with Crippen molar-refractivity contribution >= 4 is 19.2 Å². The van der Waals surface area contributed by atoms with Crippen molar-refractivity contribution in [1.29, 1.82) is 0 Å². The number of carbonyl (C=O) groups is 2. The number of rotatable bonds is 11. The van der Waals surface area contributed by atoms with Crippen molar-refractivity contribution in [1.82, 2.24) is 4.98 Å². The molecule has 4 aliphatic rings. The average Bonchev–Trinajstić information content (AvgIpc) is 2.84. The van der Waals surface area contributed by atoms with Crippen molar-refractivity contribution in [2.24, 2.45) is 28.6 Å². The van der Waals surface area contributed by atoms with Gasteiger partial charge in [-0.1, -0.05) is 26.6 Å². The highest BCUT2D eigenvalue weighted by molar-refractivity contribution is 6.41. The van der Waals surface area contributed by atoms with Crippen molar-refractivity contribution in [2.45, 2.75) is 136 Å². The number of carbonyl (C=O) groups excluding carboxylic acids is 2. The molecule has 39 heavy (non-hydrogen) atoms. The summed E-state index contributed by atoms with van der Waals surface area (Å²) in [7, 11) is 2.31. The first-order valence-corrected chi connectivity index (χ1v) is 15.3. The van der Waals surface area contributed by atoms with Gasteiger partial charge in [0.1, 0.15) is 18.5 Å². The lowest BCUT2D eigenvalue weighted by Crippen LogP contribution is -2.54. The Bertz CT molecular complexity index is 997. The van der Waals surface area contributed by atoms with Gasteiger partial charge >= 0.3 is 11.9 Å². The maximum absolute atomic E-state index is 14.2. The van der Waals surface area contributed by atoms with E-state index in [-0.39, 0.29) is 22.9 Å². The molecule has 0 aromatic carbocycles. The van der Waals surface area contributed by atoms with Crippen LogP contribution in [0.25, 0.3) is 0 Å². The van der Waals surface area contributed by atoms with E-state index >= 15 is 0 Å². The van der Waals surface area contributed by atoms with Gasteiger partial charge in [0.2, 0.25) is 0 Å². The summed E-state index contributed by atoms with van der Waals surface area (Å²) in [6.45, 7) is 16.0. The van der Waals surface area contributed by atoms with Gasteiger partial charge in [0.05, 0.1) is 10.8 Å². The molecule has 0 aliphatic heterocycles. The van der Waals surface area contributed by atoms with Gasteiger partial charge in [-0.2, -0.15) is 0 Å². The van der Waals surface area contributed by atoms with Crippen LogP contribution in [-0.4, -0.2) is 35.4 Å². The molecule has 0 amide bonds. The highest BCUT2D eigenvalue weighted by atomic mass is 16.6. The Morgan fingerprint density at radius 2 is 1.44 bits per heavy atom. The van der Waals surface area contributed by atoms with E-state index < -0.39 is 16.4 Å². The molecule has 4 fully saturated rings. The van der Waals surface area contributed by atoms with Crippen LogP contribution < -0.4 is 0 Å². The van der Waals surface area contributed by atoms with Crippen LogP contribution in [0.5, 0.6) is 0 Å². The Morgan fingerprint density at radius 3 is 1.92 bits per heavy atom. The van der Waals surface area contributed by atoms with E-state index in [0.717, 1.165) is 25.7 Å². The van der Waals surface area contributed by atoms with Crippen LogP contribution in [0.4, 0.5) is 0 Å². The van der Waals surface area contributed by atoms with Crippen molar-refractivity contribution in [3.8, 4) is 0 Å². The monoisotopic (exact) mass is 536 g/mol. The van der Waals surface area contributed by atoms with Crippen LogP contribution in [0, 0.1) is 28.6 Å². The molecule has 0 saturated heterocycles. The Morgan fingerprint density at radius 1 is 0.897 bits per heavy atom. The highest BCUT2D eigenvalue weighted by Gasteiger charge is 2.54. The Labute approximate surface area is 237 Å². The Kier molecular flexibility index (Phi) is 8.38. The summed E-state index contributed by atoms with van der Waals surface area (Å²) >= 11 is 0. The normalized spacial score (nSPS) is 29.3. The third-order valence-electron chi connectivity index (χ3n) is 10.1. The molecule has 1 heterocycles. The first-order chi connectivity index (χ1) is 18.1. The maximum Gasteiger partial charge on any atom is 0.312 e. The van der Waals surface area contributed by atoms with Crippen molar-refractivity contribution in [3.63, 3.8) is 0 Å². The van der Waals surface area contributed by atoms with Gasteiger partial charge in [-0.05, 0) is 134 Å². The van der Waals surface area contributed by atoms with Crippen molar-refractivity contribution in [2.75, 3.05) is 0 Å². The number of aromatic nitrogens is 1. The van der Waals surface area contributed by atoms with E-state index in [9.17, 15) is 9.59 Å². The molecular weight excluding hydrogens is 485 g/mol. The van der Waals surface area contributed by atoms with Crippen LogP contribution in [-0.2, 0) is 24.4 Å². The molecule has 0 N–H and O–H groups in total. The molecule has 4 aliphatic carbocycles. The SMILES string of the molecule is CCC(C)([B]CC(C)(CCC(C)(C)C(=O)OC(C)(C)C)C(=O)OC12CC3CC(CC(C3)C1)C2)c1ccncc1. The minimum atomic E-state index is -0.730. The third kappa shape index (κ3) is 6.90. The second-order valence-corrected chi connectivity index (χ2v) is 15.4. The van der Waals surface area contributed by atoms with Gasteiger partial charge in [0, 0.05) is 12.4 Å². The van der Waals surface area contributed by atoms with E-state index in [1.165, 1.54) is 24.8 Å². The zero-order chi connectivity index (χ0) is 28.7. The first-order valence-electron chi connectivity index (χ1n) is 15.3. The van der Waals surface area contributed by atoms with Crippen LogP contribution in [0.15, 0.2) is 24.5 Å². The topological polar surface area (TPSA) is 65.5 Å². The lowest BCUT2D eigenvalue weighted by molar-refractivity contribution is -0.196. The largest absolute Gasteiger partial charge is 0.460 e. The second kappa shape index (κ2) is 10.9. The van der Waals surface area contributed by atoms with Crippen molar-refractivity contribution < 1.29 is 19.1 Å². The predicted octanol–water partition coefficient (Wildman–Crippen LogP) is 7.50. The number of hydrogen-bond acceptors (Lipinski definition) is 5. The zero-order valence-electron chi connectivity index (χ0n) is 25.8. The molecule has 5 rings (SSSR count). The summed E-state index contributed by atoms with van der Waals surface area (Å²) in [5.41, 5.74) is -1.06. The summed E-state index contributed by atoms with van der Waals surface area (Å²) in [5.74, 6) is 1.83. The lowest BCUT2D eigenvalue weighted by Gasteiger charge is -2.56. The van der Waals surface area contributed by atoms with Gasteiger partial charge in [0.15, 0.2) is 0 Å². The molecule has 215 valence electrons. The molecule has 1 aromatic heterocycles. The number of ether oxygens (including phenoxy) is 2. The number of esters is 2. The van der Waals surface area contributed by atoms with Crippen LogP contribution in [0.1, 0.15) is 119 Å². The smallest absolute Gasteiger partial charge is 0.312 e. The molecule has 4 bridgehead atoms. The third-order valence-corrected chi connectivity index (χ3v) is 10.1. The molecular formula is C33H51BNO4. The molecule has 1 aromatic rings. The van der Waals surface area contributed by atoms with E-state index in [1.54, 1.807) is 0 Å². The number of nitrogens with zero attached hydrogens (tertiary/aromatic N) is 1.